The van der Waals surface area contributed by atoms with E-state index in [1.165, 1.54) is 0 Å². The molecule has 3 amide bonds. The molecule has 4 fully saturated rings. The Morgan fingerprint density at radius 2 is 2.11 bits per heavy atom. The van der Waals surface area contributed by atoms with Crippen molar-refractivity contribution in [1.82, 2.24) is 20.9 Å². The van der Waals surface area contributed by atoms with Gasteiger partial charge in [0.25, 0.3) is 5.91 Å². The molecule has 4 N–H and O–H groups in total. The van der Waals surface area contributed by atoms with E-state index in [1.54, 1.807) is 13.2 Å². The quantitative estimate of drug-likeness (QED) is 0.483. The maximum atomic E-state index is 13.5. The van der Waals surface area contributed by atoms with Crippen LogP contribution in [0.3, 0.4) is 0 Å². The minimum atomic E-state index is -1.04. The Kier molecular flexibility index (Phi) is 4.85. The summed E-state index contributed by atoms with van der Waals surface area (Å²) in [5.41, 5.74) is 0.0705. The molecule has 0 bridgehead atoms. The van der Waals surface area contributed by atoms with Gasteiger partial charge >= 0.3 is 0 Å². The van der Waals surface area contributed by atoms with Crippen molar-refractivity contribution in [3.8, 4) is 11.8 Å². The van der Waals surface area contributed by atoms with Gasteiger partial charge < -0.3 is 25.7 Å². The highest BCUT2D eigenvalue weighted by Crippen LogP contribution is 2.68. The van der Waals surface area contributed by atoms with E-state index in [0.717, 1.165) is 23.7 Å². The molecule has 1 saturated heterocycles. The van der Waals surface area contributed by atoms with E-state index < -0.39 is 11.6 Å². The molecule has 9 nitrogen and oxygen atoms in total. The molecule has 3 saturated carbocycles. The van der Waals surface area contributed by atoms with Crippen molar-refractivity contribution in [3.63, 3.8) is 0 Å². The van der Waals surface area contributed by atoms with E-state index in [-0.39, 0.29) is 47.3 Å². The Morgan fingerprint density at radius 3 is 2.83 bits per heavy atom. The van der Waals surface area contributed by atoms with Gasteiger partial charge in [-0.3, -0.25) is 14.4 Å². The van der Waals surface area contributed by atoms with E-state index >= 15 is 0 Å². The number of carbonyl (C=O) groups is 3. The largest absolute Gasteiger partial charge is 0.496 e. The molecule has 1 aromatic carbocycles. The summed E-state index contributed by atoms with van der Waals surface area (Å²) in [6, 6.07) is 8.84. The number of benzene rings is 1. The summed E-state index contributed by atoms with van der Waals surface area (Å²) in [5, 5.41) is 19.7. The van der Waals surface area contributed by atoms with Crippen LogP contribution in [0.2, 0.25) is 0 Å². The number of nitrogens with one attached hydrogen (secondary N) is 4. The van der Waals surface area contributed by atoms with Gasteiger partial charge in [0.1, 0.15) is 23.0 Å². The van der Waals surface area contributed by atoms with Crippen LogP contribution in [0.25, 0.3) is 10.9 Å². The van der Waals surface area contributed by atoms with E-state index in [4.69, 9.17) is 4.74 Å². The second-order valence-corrected chi connectivity index (χ2v) is 10.6. The van der Waals surface area contributed by atoms with E-state index in [1.807, 2.05) is 18.2 Å². The lowest BCUT2D eigenvalue weighted by atomic mass is 9.83. The first kappa shape index (κ1) is 22.0. The summed E-state index contributed by atoms with van der Waals surface area (Å²) in [7, 11) is 1.58. The number of aromatic amines is 1. The Morgan fingerprint density at radius 1 is 1.31 bits per heavy atom. The molecule has 0 spiro atoms. The number of hydrogen-bond acceptors (Lipinski definition) is 5. The molecule has 2 heterocycles. The molecule has 1 aromatic heterocycles. The van der Waals surface area contributed by atoms with Crippen LogP contribution in [0.5, 0.6) is 5.75 Å². The summed E-state index contributed by atoms with van der Waals surface area (Å²) >= 11 is 0. The van der Waals surface area contributed by atoms with Crippen LogP contribution in [0.15, 0.2) is 24.3 Å². The molecule has 182 valence electrons. The molecule has 4 aliphatic rings. The Hall–Kier alpha value is -3.54. The van der Waals surface area contributed by atoms with Crippen molar-refractivity contribution in [2.24, 2.45) is 35.5 Å². The highest BCUT2D eigenvalue weighted by Gasteiger charge is 2.79. The first-order valence-electron chi connectivity index (χ1n) is 12.4. The number of fused-ring (bicyclic) bond motifs is 4. The van der Waals surface area contributed by atoms with Gasteiger partial charge in [-0.05, 0) is 42.4 Å². The number of hydrogen-bond donors (Lipinski definition) is 4. The molecule has 1 unspecified atom stereocenters. The summed E-state index contributed by atoms with van der Waals surface area (Å²) in [5.74, 6) is 0.253. The molecule has 35 heavy (non-hydrogen) atoms. The molecule has 7 atom stereocenters. The average Bonchev–Trinajstić information content (AvgIpc) is 3.62. The summed E-state index contributed by atoms with van der Waals surface area (Å²) in [4.78, 5) is 42.1. The smallest absolute Gasteiger partial charge is 0.268 e. The molecule has 2 aromatic rings. The van der Waals surface area contributed by atoms with Gasteiger partial charge in [-0.1, -0.05) is 25.8 Å². The van der Waals surface area contributed by atoms with Gasteiger partial charge in [-0.25, -0.2) is 0 Å². The van der Waals surface area contributed by atoms with Crippen molar-refractivity contribution in [2.75, 3.05) is 13.7 Å². The molecular formula is C26H29N5O4. The highest BCUT2D eigenvalue weighted by molar-refractivity contribution is 6.01. The fraction of sp³-hybridized carbons (Fsp3) is 0.538. The van der Waals surface area contributed by atoms with Crippen LogP contribution in [0, 0.1) is 46.8 Å². The van der Waals surface area contributed by atoms with Crippen molar-refractivity contribution >= 4 is 28.6 Å². The lowest BCUT2D eigenvalue weighted by Crippen LogP contribution is -2.53. The van der Waals surface area contributed by atoms with Gasteiger partial charge in [-0.2, -0.15) is 5.26 Å². The summed E-state index contributed by atoms with van der Waals surface area (Å²) in [6.45, 7) is 2.71. The van der Waals surface area contributed by atoms with Crippen LogP contribution in [-0.2, 0) is 9.59 Å². The van der Waals surface area contributed by atoms with Crippen LogP contribution in [0.1, 0.15) is 36.7 Å². The third kappa shape index (κ3) is 3.30. The molecule has 0 radical (unpaired) electrons. The fourth-order valence-corrected chi connectivity index (χ4v) is 6.77. The standard InChI is InChI=1S/C26H29N5O4/c1-12-15-10-28-25(34)20(15)22-21(12)26(22,11-27)31-24(33)17(8-13-6-7-13)30-23(32)18-9-14-16(29-18)4-3-5-19(14)35-2/h3-5,9,12-13,15,17,20-22,29H,6-8,10H2,1-2H3,(H,28,34)(H,30,32)(H,31,33)/t12-,15-,17+,20+,21?,22-,26+/m1/s1. The lowest BCUT2D eigenvalue weighted by molar-refractivity contribution is -0.126. The predicted molar refractivity (Wildman–Crippen MR) is 126 cm³/mol. The first-order valence-corrected chi connectivity index (χ1v) is 12.4. The van der Waals surface area contributed by atoms with Crippen LogP contribution in [0.4, 0.5) is 0 Å². The maximum absolute atomic E-state index is 13.5. The zero-order valence-corrected chi connectivity index (χ0v) is 19.8. The van der Waals surface area contributed by atoms with Gasteiger partial charge in [0, 0.05) is 35.2 Å². The zero-order valence-electron chi connectivity index (χ0n) is 19.8. The number of rotatable bonds is 7. The number of carbonyl (C=O) groups excluding carboxylic acids is 3. The topological polar surface area (TPSA) is 136 Å². The minimum absolute atomic E-state index is 0.0159. The number of nitrogens with zero attached hydrogens (tertiary/aromatic N) is 1. The van der Waals surface area contributed by atoms with Gasteiger partial charge in [-0.15, -0.1) is 0 Å². The predicted octanol–water partition coefficient (Wildman–Crippen LogP) is 1.71. The fourth-order valence-electron chi connectivity index (χ4n) is 6.77. The second-order valence-electron chi connectivity index (χ2n) is 10.6. The van der Waals surface area contributed by atoms with Crippen molar-refractivity contribution in [3.05, 3.63) is 30.0 Å². The third-order valence-corrected chi connectivity index (χ3v) is 8.73. The number of methoxy groups -OCH3 is 1. The minimum Gasteiger partial charge on any atom is -0.496 e. The molecule has 3 aliphatic carbocycles. The normalized spacial score (nSPS) is 33.3. The SMILES string of the molecule is COc1cccc2[nH]c(C(=O)N[C@@H](CC3CC3)C(=O)N[C@@]3(C#N)C4[C@H](C)[C@H]5CNC(=O)[C@@H]5[C@H]43)cc12. The highest BCUT2D eigenvalue weighted by atomic mass is 16.5. The van der Waals surface area contributed by atoms with Gasteiger partial charge in [0.05, 0.1) is 13.2 Å². The average molecular weight is 476 g/mol. The van der Waals surface area contributed by atoms with E-state index in [2.05, 4.69) is 33.9 Å². The van der Waals surface area contributed by atoms with Crippen molar-refractivity contribution in [2.45, 2.75) is 37.8 Å². The maximum Gasteiger partial charge on any atom is 0.268 e. The Balaban J connectivity index is 1.21. The number of aromatic nitrogens is 1. The Labute approximate surface area is 203 Å². The number of nitriles is 1. The van der Waals surface area contributed by atoms with Gasteiger partial charge in [0.2, 0.25) is 11.8 Å². The lowest BCUT2D eigenvalue weighted by Gasteiger charge is -2.26. The van der Waals surface area contributed by atoms with Crippen LogP contribution < -0.4 is 20.7 Å². The summed E-state index contributed by atoms with van der Waals surface area (Å²) in [6.07, 6.45) is 2.58. The molecule has 1 aliphatic heterocycles. The van der Waals surface area contributed by atoms with Crippen LogP contribution >= 0.6 is 0 Å². The number of amides is 3. The van der Waals surface area contributed by atoms with Crippen molar-refractivity contribution in [1.29, 1.82) is 5.26 Å². The van der Waals surface area contributed by atoms with Crippen LogP contribution in [-0.4, -0.2) is 47.9 Å². The Bertz CT molecular complexity index is 1280. The van der Waals surface area contributed by atoms with Gasteiger partial charge in [0.15, 0.2) is 0 Å². The third-order valence-electron chi connectivity index (χ3n) is 8.73. The van der Waals surface area contributed by atoms with E-state index in [9.17, 15) is 19.6 Å². The first-order chi connectivity index (χ1) is 16.9. The number of ether oxygens (including phenoxy) is 1. The second kappa shape index (κ2) is 7.74. The molecule has 6 rings (SSSR count). The number of H-pyrrole nitrogens is 1. The molecule has 9 heteroatoms. The van der Waals surface area contributed by atoms with E-state index in [0.29, 0.717) is 30.3 Å². The monoisotopic (exact) mass is 475 g/mol. The zero-order chi connectivity index (χ0) is 24.5. The van der Waals surface area contributed by atoms with Crippen molar-refractivity contribution < 1.29 is 19.1 Å². The summed E-state index contributed by atoms with van der Waals surface area (Å²) < 4.78 is 5.38. The molecular weight excluding hydrogens is 446 g/mol.